The van der Waals surface area contributed by atoms with Gasteiger partial charge in [0.2, 0.25) is 0 Å². The van der Waals surface area contributed by atoms with Crippen molar-refractivity contribution in [2.75, 3.05) is 18.9 Å². The average molecular weight is 303 g/mol. The van der Waals surface area contributed by atoms with Gasteiger partial charge < -0.3 is 19.8 Å². The summed E-state index contributed by atoms with van der Waals surface area (Å²) < 4.78 is 17.7. The van der Waals surface area contributed by atoms with E-state index < -0.39 is 0 Å². The van der Waals surface area contributed by atoms with Crippen molar-refractivity contribution < 1.29 is 14.0 Å². The van der Waals surface area contributed by atoms with Crippen molar-refractivity contribution in [2.45, 2.75) is 57.7 Å². The van der Waals surface area contributed by atoms with E-state index in [1.807, 2.05) is 6.07 Å². The number of hydrogen-bond acceptors (Lipinski definition) is 4. The zero-order valence-electron chi connectivity index (χ0n) is 14.0. The molecule has 1 aromatic rings. The molecular weight excluding hydrogens is 277 g/mol. The topological polar surface area (TPSA) is 53.7 Å². The number of hydrogen-bond donors (Lipinski definition) is 1. The molecule has 0 spiro atoms. The van der Waals surface area contributed by atoms with Crippen molar-refractivity contribution in [3.63, 3.8) is 0 Å². The standard InChI is InChI=1S/C17H26BNO3/c1-16(2)17(3,4)22-18(21-16)13-7-8-14(15(19)10-13)12-6-5-9-20-11-12/h7-8,10,12H,5-6,9,11,19H2,1-4H3. The van der Waals surface area contributed by atoms with E-state index in [4.69, 9.17) is 19.8 Å². The van der Waals surface area contributed by atoms with E-state index in [0.717, 1.165) is 37.2 Å². The molecule has 1 aromatic carbocycles. The Bertz CT molecular complexity index is 537. The van der Waals surface area contributed by atoms with Crippen LogP contribution in [0.15, 0.2) is 18.2 Å². The molecule has 2 saturated heterocycles. The van der Waals surface area contributed by atoms with Crippen molar-refractivity contribution in [3.8, 4) is 0 Å². The fraction of sp³-hybridized carbons (Fsp3) is 0.647. The van der Waals surface area contributed by atoms with Crippen LogP contribution in [0.2, 0.25) is 0 Å². The normalized spacial score (nSPS) is 27.1. The summed E-state index contributed by atoms with van der Waals surface area (Å²) in [6.45, 7) is 9.87. The van der Waals surface area contributed by atoms with Gasteiger partial charge in [-0.1, -0.05) is 12.1 Å². The third kappa shape index (κ3) is 2.77. The van der Waals surface area contributed by atoms with Crippen LogP contribution in [-0.2, 0) is 14.0 Å². The van der Waals surface area contributed by atoms with Gasteiger partial charge in [-0.3, -0.25) is 0 Å². The van der Waals surface area contributed by atoms with Crippen molar-refractivity contribution >= 4 is 18.3 Å². The number of ether oxygens (including phenoxy) is 1. The highest BCUT2D eigenvalue weighted by Crippen LogP contribution is 2.37. The zero-order chi connectivity index (χ0) is 16.0. The molecule has 0 aliphatic carbocycles. The highest BCUT2D eigenvalue weighted by atomic mass is 16.7. The number of nitrogen functional groups attached to an aromatic ring is 1. The first-order valence-electron chi connectivity index (χ1n) is 8.13. The third-order valence-electron chi connectivity index (χ3n) is 5.24. The predicted octanol–water partition coefficient (Wildman–Crippen LogP) is 2.46. The molecule has 22 heavy (non-hydrogen) atoms. The molecule has 120 valence electrons. The van der Waals surface area contributed by atoms with Crippen molar-refractivity contribution in [1.29, 1.82) is 0 Å². The van der Waals surface area contributed by atoms with Crippen molar-refractivity contribution in [2.24, 2.45) is 0 Å². The maximum Gasteiger partial charge on any atom is 0.494 e. The lowest BCUT2D eigenvalue weighted by Gasteiger charge is -2.32. The van der Waals surface area contributed by atoms with Gasteiger partial charge in [0.05, 0.1) is 17.8 Å². The molecule has 2 heterocycles. The summed E-state index contributed by atoms with van der Waals surface area (Å²) in [5.41, 5.74) is 8.60. The minimum absolute atomic E-state index is 0.331. The Balaban J connectivity index is 1.81. The largest absolute Gasteiger partial charge is 0.494 e. The first-order chi connectivity index (χ1) is 10.3. The van der Waals surface area contributed by atoms with Gasteiger partial charge in [-0.2, -0.15) is 0 Å². The third-order valence-corrected chi connectivity index (χ3v) is 5.24. The van der Waals surface area contributed by atoms with Crippen LogP contribution in [0.25, 0.3) is 0 Å². The van der Waals surface area contributed by atoms with Gasteiger partial charge in [0.25, 0.3) is 0 Å². The lowest BCUT2D eigenvalue weighted by Crippen LogP contribution is -2.41. The van der Waals surface area contributed by atoms with Crippen LogP contribution in [0.4, 0.5) is 5.69 Å². The van der Waals surface area contributed by atoms with Crippen LogP contribution in [0.5, 0.6) is 0 Å². The van der Waals surface area contributed by atoms with Gasteiger partial charge in [0.15, 0.2) is 0 Å². The smallest absolute Gasteiger partial charge is 0.399 e. The van der Waals surface area contributed by atoms with Gasteiger partial charge in [-0.15, -0.1) is 0 Å². The Hall–Kier alpha value is -1.04. The summed E-state index contributed by atoms with van der Waals surface area (Å²) >= 11 is 0. The maximum absolute atomic E-state index is 6.29. The van der Waals surface area contributed by atoms with E-state index in [1.165, 1.54) is 5.56 Å². The summed E-state index contributed by atoms with van der Waals surface area (Å²) in [5.74, 6) is 0.404. The zero-order valence-corrected chi connectivity index (χ0v) is 14.0. The lowest BCUT2D eigenvalue weighted by atomic mass is 9.77. The van der Waals surface area contributed by atoms with Crippen LogP contribution < -0.4 is 11.2 Å². The van der Waals surface area contributed by atoms with E-state index in [2.05, 4.69) is 39.8 Å². The molecule has 2 N–H and O–H groups in total. The van der Waals surface area contributed by atoms with Crippen LogP contribution in [0.3, 0.4) is 0 Å². The number of anilines is 1. The number of nitrogens with two attached hydrogens (primary N) is 1. The average Bonchev–Trinajstić information content (AvgIpc) is 2.68. The highest BCUT2D eigenvalue weighted by Gasteiger charge is 2.51. The van der Waals surface area contributed by atoms with E-state index in [9.17, 15) is 0 Å². The Morgan fingerprint density at radius 1 is 1.14 bits per heavy atom. The fourth-order valence-electron chi connectivity index (χ4n) is 3.08. The van der Waals surface area contributed by atoms with E-state index in [0.29, 0.717) is 5.92 Å². The monoisotopic (exact) mass is 303 g/mol. The molecule has 0 saturated carbocycles. The Kier molecular flexibility index (Phi) is 4.00. The Morgan fingerprint density at radius 2 is 1.82 bits per heavy atom. The lowest BCUT2D eigenvalue weighted by molar-refractivity contribution is 0.00578. The molecule has 2 aliphatic rings. The maximum atomic E-state index is 6.29. The second-order valence-corrected chi connectivity index (χ2v) is 7.39. The van der Waals surface area contributed by atoms with Gasteiger partial charge in [0, 0.05) is 18.2 Å². The quantitative estimate of drug-likeness (QED) is 0.673. The summed E-state index contributed by atoms with van der Waals surface area (Å²) in [4.78, 5) is 0. The van der Waals surface area contributed by atoms with Crippen LogP contribution >= 0.6 is 0 Å². The molecule has 0 bridgehead atoms. The van der Waals surface area contributed by atoms with Crippen LogP contribution in [0, 0.1) is 0 Å². The molecule has 5 heteroatoms. The fourth-order valence-corrected chi connectivity index (χ4v) is 3.08. The molecule has 0 radical (unpaired) electrons. The van der Waals surface area contributed by atoms with E-state index in [1.54, 1.807) is 0 Å². The van der Waals surface area contributed by atoms with E-state index in [-0.39, 0.29) is 18.3 Å². The summed E-state index contributed by atoms with van der Waals surface area (Å²) in [6, 6.07) is 6.17. The first-order valence-corrected chi connectivity index (χ1v) is 8.13. The molecular formula is C17H26BNO3. The first kappa shape index (κ1) is 15.8. The molecule has 0 aromatic heterocycles. The van der Waals surface area contributed by atoms with E-state index >= 15 is 0 Å². The number of benzene rings is 1. The minimum Gasteiger partial charge on any atom is -0.399 e. The second-order valence-electron chi connectivity index (χ2n) is 7.39. The summed E-state index contributed by atoms with van der Waals surface area (Å²) in [6.07, 6.45) is 2.24. The number of rotatable bonds is 2. The molecule has 3 rings (SSSR count). The Morgan fingerprint density at radius 3 is 2.36 bits per heavy atom. The summed E-state index contributed by atoms with van der Waals surface area (Å²) in [5, 5.41) is 0. The van der Waals surface area contributed by atoms with Crippen molar-refractivity contribution in [1.82, 2.24) is 0 Å². The van der Waals surface area contributed by atoms with Gasteiger partial charge in [-0.05, 0) is 57.6 Å². The van der Waals surface area contributed by atoms with Gasteiger partial charge in [-0.25, -0.2) is 0 Å². The van der Waals surface area contributed by atoms with Gasteiger partial charge in [0.1, 0.15) is 0 Å². The van der Waals surface area contributed by atoms with Crippen LogP contribution in [-0.4, -0.2) is 31.5 Å². The van der Waals surface area contributed by atoms with Crippen LogP contribution in [0.1, 0.15) is 52.0 Å². The second kappa shape index (κ2) is 5.55. The van der Waals surface area contributed by atoms with Crippen molar-refractivity contribution in [3.05, 3.63) is 23.8 Å². The molecule has 1 atom stereocenters. The highest BCUT2D eigenvalue weighted by molar-refractivity contribution is 6.62. The predicted molar refractivity (Wildman–Crippen MR) is 89.4 cm³/mol. The molecule has 1 unspecified atom stereocenters. The Labute approximate surface area is 133 Å². The molecule has 0 amide bonds. The van der Waals surface area contributed by atoms with Gasteiger partial charge >= 0.3 is 7.12 Å². The molecule has 4 nitrogen and oxygen atoms in total. The molecule has 2 fully saturated rings. The SMILES string of the molecule is CC1(C)OB(c2ccc(C3CCCOC3)c(N)c2)OC1(C)C. The summed E-state index contributed by atoms with van der Waals surface area (Å²) in [7, 11) is -0.357. The molecule has 2 aliphatic heterocycles. The minimum atomic E-state index is -0.357.